The summed E-state index contributed by atoms with van der Waals surface area (Å²) in [7, 11) is 0. The fraction of sp³-hybridized carbons (Fsp3) is 0.818. The van der Waals surface area contributed by atoms with E-state index in [1.54, 1.807) is 0 Å². The maximum atomic E-state index is 6.18. The highest BCUT2D eigenvalue weighted by atomic mass is 16.5. The van der Waals surface area contributed by atoms with Gasteiger partial charge in [0.1, 0.15) is 5.54 Å². The molecule has 6 nitrogen and oxygen atoms in total. The van der Waals surface area contributed by atoms with Gasteiger partial charge < -0.3 is 19.7 Å². The average molecular weight is 239 g/mol. The van der Waals surface area contributed by atoms with Gasteiger partial charge in [-0.05, 0) is 19.3 Å². The monoisotopic (exact) mass is 239 g/mol. The molecule has 3 rings (SSSR count). The van der Waals surface area contributed by atoms with Crippen LogP contribution in [-0.2, 0) is 15.0 Å². The topological polar surface area (TPSA) is 83.4 Å². The van der Waals surface area contributed by atoms with Crippen molar-refractivity contribution in [2.24, 2.45) is 5.73 Å². The molecule has 0 saturated carbocycles. The summed E-state index contributed by atoms with van der Waals surface area (Å²) < 4.78 is 15.9. The highest BCUT2D eigenvalue weighted by Crippen LogP contribution is 2.29. The van der Waals surface area contributed by atoms with Crippen molar-refractivity contribution >= 4 is 0 Å². The molecule has 2 fully saturated rings. The molecule has 2 saturated heterocycles. The number of nitrogens with two attached hydrogens (primary N) is 1. The van der Waals surface area contributed by atoms with Crippen LogP contribution in [-0.4, -0.2) is 36.6 Å². The Morgan fingerprint density at radius 1 is 1.18 bits per heavy atom. The molecule has 1 atom stereocenters. The van der Waals surface area contributed by atoms with E-state index in [9.17, 15) is 0 Å². The van der Waals surface area contributed by atoms with Gasteiger partial charge >= 0.3 is 0 Å². The molecule has 1 aromatic rings. The third-order valence-corrected chi connectivity index (χ3v) is 3.51. The van der Waals surface area contributed by atoms with Crippen molar-refractivity contribution in [3.8, 4) is 0 Å². The number of nitrogens with zero attached hydrogens (tertiary/aromatic N) is 2. The Labute approximate surface area is 99.5 Å². The van der Waals surface area contributed by atoms with Gasteiger partial charge in [-0.2, -0.15) is 4.98 Å². The molecule has 6 heteroatoms. The quantitative estimate of drug-likeness (QED) is 0.810. The van der Waals surface area contributed by atoms with Crippen molar-refractivity contribution in [3.63, 3.8) is 0 Å². The van der Waals surface area contributed by atoms with Gasteiger partial charge in [0.2, 0.25) is 5.89 Å². The number of hydrogen-bond acceptors (Lipinski definition) is 6. The van der Waals surface area contributed by atoms with E-state index in [0.29, 0.717) is 25.0 Å². The fourth-order valence-corrected chi connectivity index (χ4v) is 2.31. The molecule has 1 aromatic heterocycles. The number of ether oxygens (including phenoxy) is 2. The van der Waals surface area contributed by atoms with Crippen LogP contribution in [0.3, 0.4) is 0 Å². The number of rotatable bonds is 2. The van der Waals surface area contributed by atoms with Gasteiger partial charge in [0.15, 0.2) is 5.82 Å². The van der Waals surface area contributed by atoms with Crippen LogP contribution in [0, 0.1) is 0 Å². The third kappa shape index (κ3) is 2.08. The first-order valence-electron chi connectivity index (χ1n) is 6.06. The Morgan fingerprint density at radius 3 is 2.71 bits per heavy atom. The van der Waals surface area contributed by atoms with Crippen LogP contribution in [0.1, 0.15) is 36.9 Å². The van der Waals surface area contributed by atoms with E-state index in [0.717, 1.165) is 38.3 Å². The first-order chi connectivity index (χ1) is 8.28. The lowest BCUT2D eigenvalue weighted by Crippen LogP contribution is -2.37. The zero-order valence-electron chi connectivity index (χ0n) is 9.72. The van der Waals surface area contributed by atoms with Gasteiger partial charge in [-0.25, -0.2) is 0 Å². The molecule has 0 amide bonds. The van der Waals surface area contributed by atoms with Crippen molar-refractivity contribution in [1.82, 2.24) is 10.1 Å². The van der Waals surface area contributed by atoms with Gasteiger partial charge in [0.25, 0.3) is 0 Å². The van der Waals surface area contributed by atoms with E-state index in [-0.39, 0.29) is 0 Å². The SMILES string of the molecule is NC1(c2nc(C3CCOCC3)no2)CCOC1. The fourth-order valence-electron chi connectivity index (χ4n) is 2.31. The molecule has 2 aliphatic heterocycles. The van der Waals surface area contributed by atoms with Crippen molar-refractivity contribution in [2.45, 2.75) is 30.7 Å². The Hall–Kier alpha value is -0.980. The van der Waals surface area contributed by atoms with Crippen LogP contribution in [0.2, 0.25) is 0 Å². The van der Waals surface area contributed by atoms with E-state index in [1.807, 2.05) is 0 Å². The van der Waals surface area contributed by atoms with E-state index in [4.69, 9.17) is 19.7 Å². The van der Waals surface area contributed by atoms with Crippen LogP contribution in [0.15, 0.2) is 4.52 Å². The van der Waals surface area contributed by atoms with Gasteiger partial charge in [-0.15, -0.1) is 0 Å². The number of hydrogen-bond donors (Lipinski definition) is 1. The maximum Gasteiger partial charge on any atom is 0.249 e. The van der Waals surface area contributed by atoms with Crippen LogP contribution < -0.4 is 5.73 Å². The summed E-state index contributed by atoms with van der Waals surface area (Å²) in [6.45, 7) is 2.66. The molecule has 2 N–H and O–H groups in total. The van der Waals surface area contributed by atoms with E-state index < -0.39 is 5.54 Å². The van der Waals surface area contributed by atoms with Gasteiger partial charge in [-0.1, -0.05) is 5.16 Å². The Kier molecular flexibility index (Phi) is 2.85. The molecule has 0 aromatic carbocycles. The molecule has 0 aliphatic carbocycles. The minimum absolute atomic E-state index is 0.340. The summed E-state index contributed by atoms with van der Waals surface area (Å²) in [5.74, 6) is 1.61. The van der Waals surface area contributed by atoms with Crippen LogP contribution in [0.25, 0.3) is 0 Å². The Balaban J connectivity index is 1.77. The highest BCUT2D eigenvalue weighted by Gasteiger charge is 2.38. The summed E-state index contributed by atoms with van der Waals surface area (Å²) in [5, 5.41) is 4.05. The molecule has 2 aliphatic rings. The van der Waals surface area contributed by atoms with Gasteiger partial charge in [-0.3, -0.25) is 0 Å². The molecule has 0 radical (unpaired) electrons. The van der Waals surface area contributed by atoms with E-state index >= 15 is 0 Å². The van der Waals surface area contributed by atoms with Crippen molar-refractivity contribution in [3.05, 3.63) is 11.7 Å². The van der Waals surface area contributed by atoms with E-state index in [1.165, 1.54) is 0 Å². The highest BCUT2D eigenvalue weighted by molar-refractivity contribution is 5.06. The predicted octanol–water partition coefficient (Wildman–Crippen LogP) is 0.538. The lowest BCUT2D eigenvalue weighted by atomic mass is 9.98. The second-order valence-electron chi connectivity index (χ2n) is 4.80. The smallest absolute Gasteiger partial charge is 0.249 e. The molecule has 3 heterocycles. The summed E-state index contributed by atoms with van der Waals surface area (Å²) in [4.78, 5) is 4.45. The largest absolute Gasteiger partial charge is 0.381 e. The Bertz CT molecular complexity index is 381. The van der Waals surface area contributed by atoms with E-state index in [2.05, 4.69) is 10.1 Å². The summed E-state index contributed by atoms with van der Waals surface area (Å²) in [5.41, 5.74) is 5.59. The van der Waals surface area contributed by atoms with Crippen molar-refractivity contribution in [1.29, 1.82) is 0 Å². The maximum absolute atomic E-state index is 6.18. The zero-order chi connectivity index (χ0) is 11.7. The summed E-state index contributed by atoms with van der Waals surface area (Å²) >= 11 is 0. The predicted molar refractivity (Wildman–Crippen MR) is 58.4 cm³/mol. The third-order valence-electron chi connectivity index (χ3n) is 3.51. The van der Waals surface area contributed by atoms with Crippen molar-refractivity contribution in [2.75, 3.05) is 26.4 Å². The second kappa shape index (κ2) is 4.36. The summed E-state index contributed by atoms with van der Waals surface area (Å²) in [6, 6.07) is 0. The molecular weight excluding hydrogens is 222 g/mol. The zero-order valence-corrected chi connectivity index (χ0v) is 9.72. The molecule has 94 valence electrons. The standard InChI is InChI=1S/C11H17N3O3/c12-11(3-6-16-7-11)10-13-9(14-17-10)8-1-4-15-5-2-8/h8H,1-7,12H2. The summed E-state index contributed by atoms with van der Waals surface area (Å²) in [6.07, 6.45) is 2.64. The van der Waals surface area contributed by atoms with Gasteiger partial charge in [0.05, 0.1) is 6.61 Å². The lowest BCUT2D eigenvalue weighted by molar-refractivity contribution is 0.0830. The van der Waals surface area contributed by atoms with Crippen LogP contribution >= 0.6 is 0 Å². The normalized spacial score (nSPS) is 30.9. The van der Waals surface area contributed by atoms with Crippen LogP contribution in [0.5, 0.6) is 0 Å². The molecule has 0 spiro atoms. The molecule has 1 unspecified atom stereocenters. The first kappa shape index (κ1) is 11.1. The average Bonchev–Trinajstić information content (AvgIpc) is 2.99. The second-order valence-corrected chi connectivity index (χ2v) is 4.80. The minimum atomic E-state index is -0.587. The van der Waals surface area contributed by atoms with Crippen molar-refractivity contribution < 1.29 is 14.0 Å². The minimum Gasteiger partial charge on any atom is -0.381 e. The molecular formula is C11H17N3O3. The Morgan fingerprint density at radius 2 is 2.00 bits per heavy atom. The lowest BCUT2D eigenvalue weighted by Gasteiger charge is -2.19. The first-order valence-corrected chi connectivity index (χ1v) is 6.06. The number of aromatic nitrogens is 2. The van der Waals surface area contributed by atoms with Crippen LogP contribution in [0.4, 0.5) is 0 Å². The molecule has 17 heavy (non-hydrogen) atoms. The van der Waals surface area contributed by atoms with Gasteiger partial charge in [0, 0.05) is 25.7 Å². The molecule has 0 bridgehead atoms.